The summed E-state index contributed by atoms with van der Waals surface area (Å²) >= 11 is 0. The molecule has 3 rings (SSSR count). The number of hydrogen-bond donors (Lipinski definition) is 2. The predicted molar refractivity (Wildman–Crippen MR) is 75.1 cm³/mol. The van der Waals surface area contributed by atoms with Crippen LogP contribution in [0.4, 0.5) is 0 Å². The van der Waals surface area contributed by atoms with Crippen LogP contribution in [0.5, 0.6) is 0 Å². The maximum atomic E-state index is 10.3. The monoisotopic (exact) mass is 279 g/mol. The highest BCUT2D eigenvalue weighted by molar-refractivity contribution is 5.03. The fourth-order valence-corrected chi connectivity index (χ4v) is 3.47. The molecule has 0 spiro atoms. The number of aliphatic hydroxyl groups is 2. The van der Waals surface area contributed by atoms with E-state index in [0.29, 0.717) is 18.9 Å². The van der Waals surface area contributed by atoms with Gasteiger partial charge in [0.05, 0.1) is 23.9 Å². The van der Waals surface area contributed by atoms with Crippen LogP contribution in [0.1, 0.15) is 57.1 Å². The Morgan fingerprint density at radius 2 is 2.00 bits per heavy atom. The molecule has 0 bridgehead atoms. The molecule has 0 saturated heterocycles. The molecule has 2 aliphatic carbocycles. The lowest BCUT2D eigenvalue weighted by molar-refractivity contribution is -0.0330. The normalized spacial score (nSPS) is 24.3. The van der Waals surface area contributed by atoms with Crippen molar-refractivity contribution >= 4 is 0 Å². The summed E-state index contributed by atoms with van der Waals surface area (Å²) in [4.78, 5) is 0. The molecule has 112 valence electrons. The minimum atomic E-state index is -0.553. The maximum Gasteiger partial charge on any atom is 0.0855 e. The number of aromatic nitrogens is 3. The molecule has 2 fully saturated rings. The van der Waals surface area contributed by atoms with Gasteiger partial charge in [-0.05, 0) is 38.0 Å². The van der Waals surface area contributed by atoms with Crippen molar-refractivity contribution in [2.75, 3.05) is 0 Å². The Hall–Kier alpha value is -0.940. The Kier molecular flexibility index (Phi) is 4.08. The molecule has 5 heteroatoms. The van der Waals surface area contributed by atoms with E-state index < -0.39 is 5.60 Å². The van der Waals surface area contributed by atoms with Gasteiger partial charge in [0.25, 0.3) is 0 Å². The summed E-state index contributed by atoms with van der Waals surface area (Å²) in [5.74, 6) is 0.409. The van der Waals surface area contributed by atoms with Crippen molar-refractivity contribution in [1.82, 2.24) is 15.0 Å². The summed E-state index contributed by atoms with van der Waals surface area (Å²) in [7, 11) is 0. The molecule has 1 atom stereocenters. The van der Waals surface area contributed by atoms with Gasteiger partial charge in [0.2, 0.25) is 0 Å². The van der Waals surface area contributed by atoms with E-state index in [0.717, 1.165) is 37.8 Å². The van der Waals surface area contributed by atoms with Crippen LogP contribution < -0.4 is 0 Å². The first-order valence-electron chi connectivity index (χ1n) is 7.94. The van der Waals surface area contributed by atoms with Gasteiger partial charge in [0.15, 0.2) is 0 Å². The van der Waals surface area contributed by atoms with Crippen LogP contribution in [-0.2, 0) is 13.0 Å². The number of hydrogen-bond acceptors (Lipinski definition) is 4. The van der Waals surface area contributed by atoms with Crippen molar-refractivity contribution < 1.29 is 10.2 Å². The van der Waals surface area contributed by atoms with Crippen LogP contribution in [0.3, 0.4) is 0 Å². The molecule has 0 aliphatic heterocycles. The third kappa shape index (κ3) is 3.20. The van der Waals surface area contributed by atoms with Crippen molar-refractivity contribution in [3.05, 3.63) is 11.9 Å². The zero-order valence-corrected chi connectivity index (χ0v) is 12.0. The smallest absolute Gasteiger partial charge is 0.0855 e. The van der Waals surface area contributed by atoms with Gasteiger partial charge in [0.1, 0.15) is 0 Å². The zero-order valence-electron chi connectivity index (χ0n) is 12.0. The molecule has 2 aliphatic rings. The van der Waals surface area contributed by atoms with Crippen molar-refractivity contribution in [3.63, 3.8) is 0 Å². The van der Waals surface area contributed by atoms with E-state index in [1.807, 2.05) is 6.20 Å². The van der Waals surface area contributed by atoms with Gasteiger partial charge in [-0.1, -0.05) is 24.5 Å². The lowest BCUT2D eigenvalue weighted by Crippen LogP contribution is -2.39. The van der Waals surface area contributed by atoms with Gasteiger partial charge in [-0.15, -0.1) is 5.10 Å². The lowest BCUT2D eigenvalue weighted by atomic mass is 9.77. The SMILES string of the molecule is OC(Cn1cc(CC2(O)CCC2)nn1)C1CCCCC1. The van der Waals surface area contributed by atoms with Gasteiger partial charge in [-0.25, -0.2) is 4.68 Å². The molecular formula is C15H25N3O2. The summed E-state index contributed by atoms with van der Waals surface area (Å²) in [5.41, 5.74) is 0.283. The summed E-state index contributed by atoms with van der Waals surface area (Å²) in [5, 5.41) is 28.6. The van der Waals surface area contributed by atoms with Crippen molar-refractivity contribution in [1.29, 1.82) is 0 Å². The second-order valence-electron chi connectivity index (χ2n) is 6.65. The average molecular weight is 279 g/mol. The number of aliphatic hydroxyl groups excluding tert-OH is 1. The first-order chi connectivity index (χ1) is 9.65. The fourth-order valence-electron chi connectivity index (χ4n) is 3.47. The predicted octanol–water partition coefficient (Wildman–Crippen LogP) is 1.68. The lowest BCUT2D eigenvalue weighted by Gasteiger charge is -2.35. The van der Waals surface area contributed by atoms with Crippen molar-refractivity contribution in [3.8, 4) is 0 Å². The van der Waals surface area contributed by atoms with Crippen molar-refractivity contribution in [2.45, 2.75) is 76.0 Å². The van der Waals surface area contributed by atoms with Gasteiger partial charge < -0.3 is 10.2 Å². The minimum absolute atomic E-state index is 0.323. The quantitative estimate of drug-likeness (QED) is 0.860. The van der Waals surface area contributed by atoms with Gasteiger partial charge in [-0.2, -0.15) is 0 Å². The van der Waals surface area contributed by atoms with Crippen LogP contribution in [0.15, 0.2) is 6.20 Å². The molecule has 2 N–H and O–H groups in total. The number of rotatable bonds is 5. The van der Waals surface area contributed by atoms with E-state index in [2.05, 4.69) is 10.3 Å². The molecule has 0 amide bonds. The van der Waals surface area contributed by atoms with Crippen LogP contribution >= 0.6 is 0 Å². The Labute approximate surface area is 120 Å². The fraction of sp³-hybridized carbons (Fsp3) is 0.867. The van der Waals surface area contributed by atoms with E-state index in [4.69, 9.17) is 0 Å². The molecule has 1 aromatic heterocycles. The Balaban J connectivity index is 1.53. The summed E-state index contributed by atoms with van der Waals surface area (Å²) < 4.78 is 1.73. The van der Waals surface area contributed by atoms with E-state index in [1.165, 1.54) is 19.3 Å². The Morgan fingerprint density at radius 1 is 1.25 bits per heavy atom. The van der Waals surface area contributed by atoms with Crippen molar-refractivity contribution in [2.24, 2.45) is 5.92 Å². The highest BCUT2D eigenvalue weighted by atomic mass is 16.3. The summed E-state index contributed by atoms with van der Waals surface area (Å²) in [6, 6.07) is 0. The van der Waals surface area contributed by atoms with E-state index in [9.17, 15) is 10.2 Å². The largest absolute Gasteiger partial charge is 0.391 e. The zero-order chi connectivity index (χ0) is 14.0. The van der Waals surface area contributed by atoms with Gasteiger partial charge in [0, 0.05) is 12.6 Å². The maximum absolute atomic E-state index is 10.3. The molecule has 1 heterocycles. The van der Waals surface area contributed by atoms with Gasteiger partial charge in [-0.3, -0.25) is 0 Å². The summed E-state index contributed by atoms with van der Waals surface area (Å²) in [6.07, 6.45) is 11.0. The molecule has 5 nitrogen and oxygen atoms in total. The first-order valence-corrected chi connectivity index (χ1v) is 7.94. The molecular weight excluding hydrogens is 254 g/mol. The van der Waals surface area contributed by atoms with E-state index in [-0.39, 0.29) is 6.10 Å². The van der Waals surface area contributed by atoms with Crippen LogP contribution in [0.2, 0.25) is 0 Å². The summed E-state index contributed by atoms with van der Waals surface area (Å²) in [6.45, 7) is 0.524. The topological polar surface area (TPSA) is 71.2 Å². The third-order valence-corrected chi connectivity index (χ3v) is 4.95. The second kappa shape index (κ2) is 5.82. The van der Waals surface area contributed by atoms with Gasteiger partial charge >= 0.3 is 0 Å². The Bertz CT molecular complexity index is 436. The highest BCUT2D eigenvalue weighted by Crippen LogP contribution is 2.34. The molecule has 1 unspecified atom stereocenters. The van der Waals surface area contributed by atoms with E-state index >= 15 is 0 Å². The minimum Gasteiger partial charge on any atom is -0.391 e. The van der Waals surface area contributed by atoms with Crippen LogP contribution in [-0.4, -0.2) is 36.9 Å². The molecule has 2 saturated carbocycles. The third-order valence-electron chi connectivity index (χ3n) is 4.95. The standard InChI is InChI=1S/C15H25N3O2/c19-14(12-5-2-1-3-6-12)11-18-10-13(16-17-18)9-15(20)7-4-8-15/h10,12,14,19-20H,1-9,11H2. The first kappa shape index (κ1) is 14.0. The molecule has 20 heavy (non-hydrogen) atoms. The van der Waals surface area contributed by atoms with Crippen LogP contribution in [0, 0.1) is 5.92 Å². The highest BCUT2D eigenvalue weighted by Gasteiger charge is 2.35. The van der Waals surface area contributed by atoms with Crippen LogP contribution in [0.25, 0.3) is 0 Å². The molecule has 0 radical (unpaired) electrons. The Morgan fingerprint density at radius 3 is 2.65 bits per heavy atom. The number of nitrogens with zero attached hydrogens (tertiary/aromatic N) is 3. The average Bonchev–Trinajstić information content (AvgIpc) is 2.85. The second-order valence-corrected chi connectivity index (χ2v) is 6.65. The molecule has 0 aromatic carbocycles. The van der Waals surface area contributed by atoms with E-state index in [1.54, 1.807) is 4.68 Å². The molecule has 1 aromatic rings.